The highest BCUT2D eigenvalue weighted by atomic mass is 16.5. The number of aryl methyl sites for hydroxylation is 3. The molecule has 0 aliphatic carbocycles. The molecule has 0 aliphatic rings. The smallest absolute Gasteiger partial charge is 0.121 e. The second-order valence-corrected chi connectivity index (χ2v) is 4.50. The van der Waals surface area contributed by atoms with Crippen molar-refractivity contribution in [3.05, 3.63) is 52.5 Å². The quantitative estimate of drug-likeness (QED) is 0.903. The lowest BCUT2D eigenvalue weighted by Crippen LogP contribution is -2.01. The van der Waals surface area contributed by atoms with E-state index in [9.17, 15) is 5.11 Å². The van der Waals surface area contributed by atoms with Crippen LogP contribution < -0.4 is 4.74 Å². The average molecular weight is 246 g/mol. The summed E-state index contributed by atoms with van der Waals surface area (Å²) in [5.74, 6) is 2.39. The van der Waals surface area contributed by atoms with Gasteiger partial charge in [0.25, 0.3) is 0 Å². The van der Waals surface area contributed by atoms with Gasteiger partial charge < -0.3 is 14.3 Å². The van der Waals surface area contributed by atoms with Gasteiger partial charge in [-0.05, 0) is 50.1 Å². The average Bonchev–Trinajstić information content (AvgIpc) is 2.67. The van der Waals surface area contributed by atoms with Crippen LogP contribution in [0.3, 0.4) is 0 Å². The highest BCUT2D eigenvalue weighted by molar-refractivity contribution is 5.40. The Bertz CT molecular complexity index is 555. The van der Waals surface area contributed by atoms with Gasteiger partial charge in [0.05, 0.1) is 7.11 Å². The molecule has 3 heteroatoms. The lowest BCUT2D eigenvalue weighted by Gasteiger charge is -2.12. The van der Waals surface area contributed by atoms with E-state index in [0.717, 1.165) is 34.0 Å². The molecule has 0 fully saturated rings. The molecule has 0 saturated carbocycles. The summed E-state index contributed by atoms with van der Waals surface area (Å²) in [6.45, 7) is 5.70. The molecule has 2 aromatic rings. The number of aliphatic hydroxyl groups is 1. The Hall–Kier alpha value is -1.74. The van der Waals surface area contributed by atoms with Gasteiger partial charge in [-0.25, -0.2) is 0 Å². The van der Waals surface area contributed by atoms with Gasteiger partial charge in [-0.1, -0.05) is 6.07 Å². The fourth-order valence-corrected chi connectivity index (χ4v) is 2.17. The largest absolute Gasteiger partial charge is 0.496 e. The van der Waals surface area contributed by atoms with E-state index in [-0.39, 0.29) is 0 Å². The Labute approximate surface area is 107 Å². The molecule has 0 bridgehead atoms. The fourth-order valence-electron chi connectivity index (χ4n) is 2.17. The number of furan rings is 1. The summed E-state index contributed by atoms with van der Waals surface area (Å²) in [7, 11) is 1.64. The van der Waals surface area contributed by atoms with Gasteiger partial charge >= 0.3 is 0 Å². The summed E-state index contributed by atoms with van der Waals surface area (Å²) in [5.41, 5.74) is 2.67. The number of hydrogen-bond acceptors (Lipinski definition) is 3. The van der Waals surface area contributed by atoms with Gasteiger partial charge in [0.15, 0.2) is 0 Å². The predicted octanol–water partition coefficient (Wildman–Crippen LogP) is 3.30. The van der Waals surface area contributed by atoms with Crippen molar-refractivity contribution in [1.82, 2.24) is 0 Å². The van der Waals surface area contributed by atoms with E-state index in [1.54, 1.807) is 7.11 Å². The summed E-state index contributed by atoms with van der Waals surface area (Å²) in [4.78, 5) is 0. The highest BCUT2D eigenvalue weighted by Crippen LogP contribution is 2.29. The van der Waals surface area contributed by atoms with Crippen LogP contribution in [0.25, 0.3) is 0 Å². The Morgan fingerprint density at radius 1 is 1.17 bits per heavy atom. The number of methoxy groups -OCH3 is 1. The van der Waals surface area contributed by atoms with Gasteiger partial charge in [0.1, 0.15) is 23.4 Å². The molecule has 0 spiro atoms. The normalized spacial score (nSPS) is 12.5. The topological polar surface area (TPSA) is 42.6 Å². The summed E-state index contributed by atoms with van der Waals surface area (Å²) < 4.78 is 10.7. The van der Waals surface area contributed by atoms with Crippen molar-refractivity contribution in [3.8, 4) is 5.75 Å². The molecular weight excluding hydrogens is 228 g/mol. The van der Waals surface area contributed by atoms with Crippen LogP contribution in [-0.4, -0.2) is 12.2 Å². The van der Waals surface area contributed by atoms with Crippen molar-refractivity contribution >= 4 is 0 Å². The highest BCUT2D eigenvalue weighted by Gasteiger charge is 2.17. The van der Waals surface area contributed by atoms with E-state index in [1.165, 1.54) is 0 Å². The van der Waals surface area contributed by atoms with E-state index in [1.807, 2.05) is 45.0 Å². The molecule has 0 radical (unpaired) electrons. The minimum atomic E-state index is -0.660. The first kappa shape index (κ1) is 12.7. The molecule has 2 rings (SSSR count). The zero-order valence-corrected chi connectivity index (χ0v) is 11.2. The lowest BCUT2D eigenvalue weighted by molar-refractivity contribution is 0.217. The Balaban J connectivity index is 2.37. The molecule has 1 heterocycles. The maximum absolute atomic E-state index is 10.4. The minimum Gasteiger partial charge on any atom is -0.496 e. The van der Waals surface area contributed by atoms with Gasteiger partial charge in [-0.2, -0.15) is 0 Å². The maximum Gasteiger partial charge on any atom is 0.121 e. The van der Waals surface area contributed by atoms with Crippen molar-refractivity contribution in [3.63, 3.8) is 0 Å². The molecule has 1 aromatic carbocycles. The third-order valence-corrected chi connectivity index (χ3v) is 3.11. The van der Waals surface area contributed by atoms with E-state index in [4.69, 9.17) is 9.15 Å². The monoisotopic (exact) mass is 246 g/mol. The number of benzene rings is 1. The number of ether oxygens (including phenoxy) is 1. The Morgan fingerprint density at radius 2 is 1.89 bits per heavy atom. The first-order valence-electron chi connectivity index (χ1n) is 5.92. The SMILES string of the molecule is COc1ccc(C(O)c2cc(C)oc2C)cc1C. The van der Waals surface area contributed by atoms with Crippen molar-refractivity contribution in [1.29, 1.82) is 0 Å². The molecular formula is C15H18O3. The van der Waals surface area contributed by atoms with Gasteiger partial charge in [0.2, 0.25) is 0 Å². The molecule has 1 aromatic heterocycles. The first-order valence-corrected chi connectivity index (χ1v) is 5.92. The maximum atomic E-state index is 10.4. The zero-order valence-electron chi connectivity index (χ0n) is 11.2. The second kappa shape index (κ2) is 4.86. The summed E-state index contributed by atoms with van der Waals surface area (Å²) in [6, 6.07) is 7.55. The Morgan fingerprint density at radius 3 is 2.39 bits per heavy atom. The van der Waals surface area contributed by atoms with Crippen LogP contribution in [0, 0.1) is 20.8 Å². The number of hydrogen-bond donors (Lipinski definition) is 1. The summed E-state index contributed by atoms with van der Waals surface area (Å²) in [6.07, 6.45) is -0.660. The van der Waals surface area contributed by atoms with Crippen LogP contribution >= 0.6 is 0 Å². The number of aliphatic hydroxyl groups excluding tert-OH is 1. The van der Waals surface area contributed by atoms with E-state index in [0.29, 0.717) is 0 Å². The van der Waals surface area contributed by atoms with Crippen LogP contribution in [0.4, 0.5) is 0 Å². The van der Waals surface area contributed by atoms with Crippen molar-refractivity contribution in [2.45, 2.75) is 26.9 Å². The molecule has 0 aliphatic heterocycles. The fraction of sp³-hybridized carbons (Fsp3) is 0.333. The van der Waals surface area contributed by atoms with E-state index < -0.39 is 6.10 Å². The van der Waals surface area contributed by atoms with Crippen LogP contribution in [0.2, 0.25) is 0 Å². The lowest BCUT2D eigenvalue weighted by atomic mass is 10.00. The van der Waals surface area contributed by atoms with Gasteiger partial charge in [-0.15, -0.1) is 0 Å². The molecule has 3 nitrogen and oxygen atoms in total. The standard InChI is InChI=1S/C15H18O3/c1-9-7-12(5-6-14(9)17-4)15(16)13-8-10(2)18-11(13)3/h5-8,15-16H,1-4H3. The van der Waals surface area contributed by atoms with Crippen LogP contribution in [0.5, 0.6) is 5.75 Å². The van der Waals surface area contributed by atoms with Gasteiger partial charge in [-0.3, -0.25) is 0 Å². The van der Waals surface area contributed by atoms with Gasteiger partial charge in [0, 0.05) is 5.56 Å². The molecule has 96 valence electrons. The van der Waals surface area contributed by atoms with Crippen molar-refractivity contribution in [2.75, 3.05) is 7.11 Å². The first-order chi connectivity index (χ1) is 8.52. The zero-order chi connectivity index (χ0) is 13.3. The molecule has 1 N–H and O–H groups in total. The second-order valence-electron chi connectivity index (χ2n) is 4.50. The summed E-state index contributed by atoms with van der Waals surface area (Å²) in [5, 5.41) is 10.4. The Kier molecular flexibility index (Phi) is 3.43. The van der Waals surface area contributed by atoms with Crippen molar-refractivity contribution in [2.24, 2.45) is 0 Å². The molecule has 1 unspecified atom stereocenters. The minimum absolute atomic E-state index is 0.660. The molecule has 18 heavy (non-hydrogen) atoms. The van der Waals surface area contributed by atoms with Crippen LogP contribution in [-0.2, 0) is 0 Å². The summed E-state index contributed by atoms with van der Waals surface area (Å²) >= 11 is 0. The predicted molar refractivity (Wildman–Crippen MR) is 70.0 cm³/mol. The van der Waals surface area contributed by atoms with Crippen molar-refractivity contribution < 1.29 is 14.3 Å². The van der Waals surface area contributed by atoms with Crippen LogP contribution in [0.15, 0.2) is 28.7 Å². The third kappa shape index (κ3) is 2.27. The van der Waals surface area contributed by atoms with E-state index >= 15 is 0 Å². The van der Waals surface area contributed by atoms with Crippen LogP contribution in [0.1, 0.15) is 34.3 Å². The number of rotatable bonds is 3. The molecule has 0 saturated heterocycles. The third-order valence-electron chi connectivity index (χ3n) is 3.11. The molecule has 0 amide bonds. The van der Waals surface area contributed by atoms with E-state index in [2.05, 4.69) is 0 Å². The molecule has 1 atom stereocenters.